The fourth-order valence-corrected chi connectivity index (χ4v) is 1.53. The maximum absolute atomic E-state index is 11.0. The Morgan fingerprint density at radius 3 is 2.60 bits per heavy atom. The van der Waals surface area contributed by atoms with Gasteiger partial charge in [-0.3, -0.25) is 0 Å². The SMILES string of the molecule is NS(=O)(=O)c1cccc(C=CC(=O)O)c1. The van der Waals surface area contributed by atoms with E-state index >= 15 is 0 Å². The van der Waals surface area contributed by atoms with E-state index in [9.17, 15) is 13.2 Å². The van der Waals surface area contributed by atoms with E-state index in [4.69, 9.17) is 10.2 Å². The molecule has 0 unspecified atom stereocenters. The largest absolute Gasteiger partial charge is 0.478 e. The molecule has 80 valence electrons. The fraction of sp³-hybridized carbons (Fsp3) is 0. The number of primary sulfonamides is 1. The van der Waals surface area contributed by atoms with E-state index in [2.05, 4.69) is 0 Å². The maximum Gasteiger partial charge on any atom is 0.328 e. The molecule has 0 spiro atoms. The number of aliphatic carboxylic acids is 1. The van der Waals surface area contributed by atoms with Gasteiger partial charge in [0.15, 0.2) is 0 Å². The van der Waals surface area contributed by atoms with Crippen LogP contribution in [0.15, 0.2) is 35.2 Å². The Balaban J connectivity index is 3.09. The molecule has 0 aliphatic carbocycles. The van der Waals surface area contributed by atoms with Crippen LogP contribution in [0.3, 0.4) is 0 Å². The van der Waals surface area contributed by atoms with Crippen LogP contribution in [0.2, 0.25) is 0 Å². The molecule has 3 N–H and O–H groups in total. The van der Waals surface area contributed by atoms with Crippen LogP contribution in [0.25, 0.3) is 6.08 Å². The van der Waals surface area contributed by atoms with Gasteiger partial charge >= 0.3 is 5.97 Å². The Kier molecular flexibility index (Phi) is 3.23. The van der Waals surface area contributed by atoms with Crippen molar-refractivity contribution in [2.24, 2.45) is 5.14 Å². The second-order valence-corrected chi connectivity index (χ2v) is 4.35. The highest BCUT2D eigenvalue weighted by Crippen LogP contribution is 2.10. The lowest BCUT2D eigenvalue weighted by molar-refractivity contribution is -0.131. The van der Waals surface area contributed by atoms with Crippen molar-refractivity contribution in [3.8, 4) is 0 Å². The zero-order valence-corrected chi connectivity index (χ0v) is 8.44. The van der Waals surface area contributed by atoms with Crippen molar-refractivity contribution in [1.29, 1.82) is 0 Å². The van der Waals surface area contributed by atoms with E-state index in [-0.39, 0.29) is 4.90 Å². The summed E-state index contributed by atoms with van der Waals surface area (Å²) < 4.78 is 21.9. The molecular formula is C9H9NO4S. The third kappa shape index (κ3) is 3.53. The molecule has 0 aromatic heterocycles. The average molecular weight is 227 g/mol. The summed E-state index contributed by atoms with van der Waals surface area (Å²) in [6.45, 7) is 0. The van der Waals surface area contributed by atoms with Gasteiger partial charge in [-0.25, -0.2) is 18.4 Å². The van der Waals surface area contributed by atoms with Gasteiger partial charge < -0.3 is 5.11 Å². The van der Waals surface area contributed by atoms with Crippen molar-refractivity contribution in [1.82, 2.24) is 0 Å². The minimum atomic E-state index is -3.75. The molecule has 0 aliphatic heterocycles. The lowest BCUT2D eigenvalue weighted by Crippen LogP contribution is -2.11. The van der Waals surface area contributed by atoms with Crippen molar-refractivity contribution >= 4 is 22.1 Å². The normalized spacial score (nSPS) is 11.8. The number of hydrogen-bond donors (Lipinski definition) is 2. The number of hydrogen-bond acceptors (Lipinski definition) is 3. The zero-order valence-electron chi connectivity index (χ0n) is 7.62. The van der Waals surface area contributed by atoms with Gasteiger partial charge in [0.25, 0.3) is 0 Å². The summed E-state index contributed by atoms with van der Waals surface area (Å²) in [5.74, 6) is -1.10. The molecule has 1 rings (SSSR count). The summed E-state index contributed by atoms with van der Waals surface area (Å²) >= 11 is 0. The van der Waals surface area contributed by atoms with Gasteiger partial charge in [0, 0.05) is 6.08 Å². The lowest BCUT2D eigenvalue weighted by Gasteiger charge is -1.98. The second-order valence-electron chi connectivity index (χ2n) is 2.79. The molecular weight excluding hydrogens is 218 g/mol. The topological polar surface area (TPSA) is 97.5 Å². The van der Waals surface area contributed by atoms with Gasteiger partial charge in [-0.05, 0) is 23.8 Å². The smallest absolute Gasteiger partial charge is 0.328 e. The van der Waals surface area contributed by atoms with Crippen LogP contribution in [-0.2, 0) is 14.8 Å². The van der Waals surface area contributed by atoms with Crippen LogP contribution in [0.5, 0.6) is 0 Å². The molecule has 0 saturated carbocycles. The molecule has 0 saturated heterocycles. The standard InChI is InChI=1S/C9H9NO4S/c10-15(13,14)8-3-1-2-7(6-8)4-5-9(11)12/h1-6H,(H,11,12)(H2,10,13,14). The predicted molar refractivity (Wildman–Crippen MR) is 54.5 cm³/mol. The number of carboxylic acids is 1. The summed E-state index contributed by atoms with van der Waals surface area (Å²) in [6.07, 6.45) is 2.21. The quantitative estimate of drug-likeness (QED) is 0.732. The average Bonchev–Trinajstić information content (AvgIpc) is 2.14. The minimum absolute atomic E-state index is 0.0463. The third-order valence-electron chi connectivity index (χ3n) is 1.60. The monoisotopic (exact) mass is 227 g/mol. The van der Waals surface area contributed by atoms with Gasteiger partial charge in [-0.1, -0.05) is 12.1 Å². The van der Waals surface area contributed by atoms with E-state index in [1.807, 2.05) is 0 Å². The number of carbonyl (C=O) groups is 1. The number of nitrogens with two attached hydrogens (primary N) is 1. The molecule has 6 heteroatoms. The molecule has 15 heavy (non-hydrogen) atoms. The first-order valence-electron chi connectivity index (χ1n) is 3.93. The molecule has 1 aromatic carbocycles. The molecule has 0 amide bonds. The van der Waals surface area contributed by atoms with Crippen molar-refractivity contribution in [3.63, 3.8) is 0 Å². The first-order valence-corrected chi connectivity index (χ1v) is 5.48. The van der Waals surface area contributed by atoms with E-state index in [1.54, 1.807) is 6.07 Å². The van der Waals surface area contributed by atoms with Gasteiger partial charge in [0.05, 0.1) is 4.90 Å². The maximum atomic E-state index is 11.0. The first kappa shape index (κ1) is 11.4. The van der Waals surface area contributed by atoms with Gasteiger partial charge in [-0.15, -0.1) is 0 Å². The van der Waals surface area contributed by atoms with Crippen molar-refractivity contribution in [3.05, 3.63) is 35.9 Å². The Bertz CT molecular complexity index is 505. The van der Waals surface area contributed by atoms with Crippen molar-refractivity contribution in [2.45, 2.75) is 4.90 Å². The molecule has 0 heterocycles. The summed E-state index contributed by atoms with van der Waals surface area (Å²) in [5.41, 5.74) is 0.462. The van der Waals surface area contributed by atoms with Crippen LogP contribution in [-0.4, -0.2) is 19.5 Å². The highest BCUT2D eigenvalue weighted by Gasteiger charge is 2.06. The molecule has 0 aliphatic rings. The van der Waals surface area contributed by atoms with E-state index in [0.29, 0.717) is 5.56 Å². The third-order valence-corrected chi connectivity index (χ3v) is 2.52. The molecule has 1 aromatic rings. The number of sulfonamides is 1. The number of rotatable bonds is 3. The van der Waals surface area contributed by atoms with Crippen LogP contribution in [0, 0.1) is 0 Å². The van der Waals surface area contributed by atoms with Crippen LogP contribution in [0.1, 0.15) is 5.56 Å². The highest BCUT2D eigenvalue weighted by atomic mass is 32.2. The Morgan fingerprint density at radius 1 is 1.40 bits per heavy atom. The first-order chi connectivity index (χ1) is 6.89. The molecule has 0 radical (unpaired) electrons. The van der Waals surface area contributed by atoms with E-state index < -0.39 is 16.0 Å². The van der Waals surface area contributed by atoms with Gasteiger partial charge in [0.1, 0.15) is 0 Å². The van der Waals surface area contributed by atoms with Crippen LogP contribution < -0.4 is 5.14 Å². The summed E-state index contributed by atoms with van der Waals surface area (Å²) in [7, 11) is -3.75. The summed E-state index contributed by atoms with van der Waals surface area (Å²) in [4.78, 5) is 10.2. The zero-order chi connectivity index (χ0) is 11.5. The molecule has 0 bridgehead atoms. The van der Waals surface area contributed by atoms with Crippen molar-refractivity contribution in [2.75, 3.05) is 0 Å². The Morgan fingerprint density at radius 2 is 2.07 bits per heavy atom. The molecule has 0 atom stereocenters. The van der Waals surface area contributed by atoms with E-state index in [0.717, 1.165) is 6.08 Å². The second kappa shape index (κ2) is 4.24. The van der Waals surface area contributed by atoms with Gasteiger partial charge in [0.2, 0.25) is 10.0 Å². The Labute approximate surface area is 86.9 Å². The lowest BCUT2D eigenvalue weighted by atomic mass is 10.2. The summed E-state index contributed by atoms with van der Waals surface area (Å²) in [5, 5.41) is 13.3. The van der Waals surface area contributed by atoms with Crippen LogP contribution in [0.4, 0.5) is 0 Å². The minimum Gasteiger partial charge on any atom is -0.478 e. The molecule has 0 fully saturated rings. The number of benzene rings is 1. The predicted octanol–water partition coefficient (Wildman–Crippen LogP) is 0.432. The Hall–Kier alpha value is -1.66. The molecule has 5 nitrogen and oxygen atoms in total. The van der Waals surface area contributed by atoms with Gasteiger partial charge in [-0.2, -0.15) is 0 Å². The van der Waals surface area contributed by atoms with E-state index in [1.165, 1.54) is 24.3 Å². The van der Waals surface area contributed by atoms with Crippen molar-refractivity contribution < 1.29 is 18.3 Å². The highest BCUT2D eigenvalue weighted by molar-refractivity contribution is 7.89. The van der Waals surface area contributed by atoms with Crippen LogP contribution >= 0.6 is 0 Å². The summed E-state index contributed by atoms with van der Waals surface area (Å²) in [6, 6.07) is 5.71. The number of carboxylic acid groups (broad SMARTS) is 1. The fourth-order valence-electron chi connectivity index (χ4n) is 0.963.